The highest BCUT2D eigenvalue weighted by Crippen LogP contribution is 2.24. The third-order valence-electron chi connectivity index (χ3n) is 2.51. The Balaban J connectivity index is 2.47. The van der Waals surface area contributed by atoms with Gasteiger partial charge in [0, 0.05) is 14.1 Å². The molecule has 0 saturated heterocycles. The number of aromatic nitrogens is 3. The maximum atomic E-state index is 9.10. The van der Waals surface area contributed by atoms with Crippen molar-refractivity contribution in [3.05, 3.63) is 35.1 Å². The summed E-state index contributed by atoms with van der Waals surface area (Å²) >= 11 is 5.84. The molecule has 0 unspecified atom stereocenters. The van der Waals surface area contributed by atoms with Crippen LogP contribution < -0.4 is 10.2 Å². The minimum absolute atomic E-state index is 0.0932. The van der Waals surface area contributed by atoms with Crippen molar-refractivity contribution in [2.24, 2.45) is 0 Å². The standard InChI is InChI=1S/C12H11ClN6/c1-15-11-16-10(13)17-12(18-11)19(2)9-6-4-3-5-8(9)7-14/h3-6H,1-2H3,(H,15,16,17,18). The lowest BCUT2D eigenvalue weighted by Crippen LogP contribution is -2.16. The van der Waals surface area contributed by atoms with Crippen molar-refractivity contribution >= 4 is 29.2 Å². The lowest BCUT2D eigenvalue weighted by molar-refractivity contribution is 0.986. The van der Waals surface area contributed by atoms with Gasteiger partial charge in [-0.2, -0.15) is 20.2 Å². The molecule has 0 aliphatic heterocycles. The minimum Gasteiger partial charge on any atom is -0.357 e. The molecule has 1 N–H and O–H groups in total. The fourth-order valence-corrected chi connectivity index (χ4v) is 1.73. The SMILES string of the molecule is CNc1nc(Cl)nc(N(C)c2ccccc2C#N)n1. The quantitative estimate of drug-likeness (QED) is 0.924. The van der Waals surface area contributed by atoms with Gasteiger partial charge >= 0.3 is 0 Å². The molecule has 0 spiro atoms. The highest BCUT2D eigenvalue weighted by atomic mass is 35.5. The van der Waals surface area contributed by atoms with Crippen LogP contribution in [0.15, 0.2) is 24.3 Å². The molecule has 0 aliphatic carbocycles. The van der Waals surface area contributed by atoms with Crippen molar-refractivity contribution in [1.29, 1.82) is 5.26 Å². The van der Waals surface area contributed by atoms with Crippen molar-refractivity contribution in [3.8, 4) is 6.07 Å². The normalized spacial score (nSPS) is 9.79. The van der Waals surface area contributed by atoms with E-state index in [9.17, 15) is 0 Å². The fourth-order valence-electron chi connectivity index (χ4n) is 1.57. The van der Waals surface area contributed by atoms with Crippen LogP contribution in [0.5, 0.6) is 0 Å². The van der Waals surface area contributed by atoms with Gasteiger partial charge in [-0.1, -0.05) is 12.1 Å². The van der Waals surface area contributed by atoms with Gasteiger partial charge in [-0.3, -0.25) is 0 Å². The minimum atomic E-state index is 0.0932. The van der Waals surface area contributed by atoms with Crippen LogP contribution in [0.3, 0.4) is 0 Å². The molecule has 0 radical (unpaired) electrons. The molecular weight excluding hydrogens is 264 g/mol. The zero-order valence-electron chi connectivity index (χ0n) is 10.4. The molecule has 0 saturated carbocycles. The van der Waals surface area contributed by atoms with Gasteiger partial charge in [0.1, 0.15) is 6.07 Å². The summed E-state index contributed by atoms with van der Waals surface area (Å²) in [7, 11) is 3.46. The maximum Gasteiger partial charge on any atom is 0.235 e. The van der Waals surface area contributed by atoms with Crippen molar-refractivity contribution in [2.45, 2.75) is 0 Å². The van der Waals surface area contributed by atoms with Crippen LogP contribution in [-0.2, 0) is 0 Å². The Kier molecular flexibility index (Phi) is 3.78. The molecule has 0 amide bonds. The third kappa shape index (κ3) is 2.72. The average Bonchev–Trinajstić information content (AvgIpc) is 2.45. The molecular formula is C12H11ClN6. The van der Waals surface area contributed by atoms with E-state index in [1.807, 2.05) is 12.1 Å². The van der Waals surface area contributed by atoms with Gasteiger partial charge in [0.25, 0.3) is 0 Å². The molecule has 6 nitrogen and oxygen atoms in total. The number of nitriles is 1. The first-order chi connectivity index (χ1) is 9.15. The highest BCUT2D eigenvalue weighted by Gasteiger charge is 2.13. The Hall–Kier alpha value is -2.39. The van der Waals surface area contributed by atoms with Gasteiger partial charge in [-0.05, 0) is 23.7 Å². The predicted octanol–water partition coefficient (Wildman–Crippen LogP) is 2.21. The summed E-state index contributed by atoms with van der Waals surface area (Å²) in [6.45, 7) is 0. The molecule has 7 heteroatoms. The van der Waals surface area contributed by atoms with E-state index < -0.39 is 0 Å². The molecule has 1 heterocycles. The summed E-state index contributed by atoms with van der Waals surface area (Å²) in [6.07, 6.45) is 0. The van der Waals surface area contributed by atoms with Crippen LogP contribution in [0.4, 0.5) is 17.6 Å². The number of hydrogen-bond donors (Lipinski definition) is 1. The number of halogens is 1. The van der Waals surface area contributed by atoms with E-state index in [4.69, 9.17) is 16.9 Å². The van der Waals surface area contributed by atoms with Gasteiger partial charge in [-0.15, -0.1) is 0 Å². The molecule has 1 aromatic carbocycles. The molecule has 0 atom stereocenters. The summed E-state index contributed by atoms with van der Waals surface area (Å²) in [6, 6.07) is 9.32. The van der Waals surface area contributed by atoms with Gasteiger partial charge in [0.2, 0.25) is 17.2 Å². The zero-order valence-corrected chi connectivity index (χ0v) is 11.2. The van der Waals surface area contributed by atoms with E-state index in [1.54, 1.807) is 31.1 Å². The molecule has 0 bridgehead atoms. The molecule has 1 aromatic heterocycles. The van der Waals surface area contributed by atoms with Gasteiger partial charge in [0.05, 0.1) is 11.3 Å². The van der Waals surface area contributed by atoms with Crippen molar-refractivity contribution in [2.75, 3.05) is 24.3 Å². The molecule has 96 valence electrons. The summed E-state index contributed by atoms with van der Waals surface area (Å²) in [4.78, 5) is 13.9. The van der Waals surface area contributed by atoms with E-state index in [1.165, 1.54) is 0 Å². The van der Waals surface area contributed by atoms with Gasteiger partial charge in [-0.25, -0.2) is 0 Å². The first-order valence-electron chi connectivity index (χ1n) is 5.48. The number of rotatable bonds is 3. The van der Waals surface area contributed by atoms with Gasteiger partial charge < -0.3 is 10.2 Å². The van der Waals surface area contributed by atoms with Crippen molar-refractivity contribution in [3.63, 3.8) is 0 Å². The number of nitrogens with one attached hydrogen (secondary N) is 1. The first-order valence-corrected chi connectivity index (χ1v) is 5.85. The molecule has 19 heavy (non-hydrogen) atoms. The Morgan fingerprint density at radius 3 is 2.68 bits per heavy atom. The van der Waals surface area contributed by atoms with E-state index in [-0.39, 0.29) is 5.28 Å². The topological polar surface area (TPSA) is 77.7 Å². The number of para-hydroxylation sites is 1. The Labute approximate surface area is 115 Å². The monoisotopic (exact) mass is 274 g/mol. The molecule has 2 rings (SSSR count). The zero-order chi connectivity index (χ0) is 13.8. The number of nitrogens with zero attached hydrogens (tertiary/aromatic N) is 5. The predicted molar refractivity (Wildman–Crippen MR) is 73.6 cm³/mol. The first kappa shape index (κ1) is 13.1. The lowest BCUT2D eigenvalue weighted by Gasteiger charge is -2.18. The average molecular weight is 275 g/mol. The highest BCUT2D eigenvalue weighted by molar-refractivity contribution is 6.28. The van der Waals surface area contributed by atoms with Crippen molar-refractivity contribution < 1.29 is 0 Å². The lowest BCUT2D eigenvalue weighted by atomic mass is 10.2. The Morgan fingerprint density at radius 2 is 2.00 bits per heavy atom. The molecule has 0 aliphatic rings. The third-order valence-corrected chi connectivity index (χ3v) is 2.67. The van der Waals surface area contributed by atoms with Crippen LogP contribution in [0.25, 0.3) is 0 Å². The second-order valence-electron chi connectivity index (χ2n) is 3.67. The van der Waals surface area contributed by atoms with Gasteiger partial charge in [0.15, 0.2) is 0 Å². The summed E-state index contributed by atoms with van der Waals surface area (Å²) in [5.41, 5.74) is 1.24. The van der Waals surface area contributed by atoms with Crippen molar-refractivity contribution in [1.82, 2.24) is 15.0 Å². The fraction of sp³-hybridized carbons (Fsp3) is 0.167. The molecule has 0 fully saturated rings. The van der Waals surface area contributed by atoms with E-state index in [0.29, 0.717) is 23.1 Å². The Morgan fingerprint density at radius 1 is 1.26 bits per heavy atom. The number of hydrogen-bond acceptors (Lipinski definition) is 6. The second kappa shape index (κ2) is 5.50. The van der Waals surface area contributed by atoms with Crippen LogP contribution >= 0.6 is 11.6 Å². The Bertz CT molecular complexity index is 636. The summed E-state index contributed by atoms with van der Waals surface area (Å²) < 4.78 is 0. The summed E-state index contributed by atoms with van der Waals surface area (Å²) in [5.74, 6) is 0.739. The number of anilines is 3. The van der Waals surface area contributed by atoms with Crippen LogP contribution in [0, 0.1) is 11.3 Å². The van der Waals surface area contributed by atoms with E-state index >= 15 is 0 Å². The number of benzene rings is 1. The smallest absolute Gasteiger partial charge is 0.235 e. The largest absolute Gasteiger partial charge is 0.357 e. The second-order valence-corrected chi connectivity index (χ2v) is 4.00. The van der Waals surface area contributed by atoms with Crippen LogP contribution in [-0.4, -0.2) is 29.0 Å². The van der Waals surface area contributed by atoms with E-state index in [2.05, 4.69) is 26.3 Å². The summed E-state index contributed by atoms with van der Waals surface area (Å²) in [5, 5.41) is 12.0. The van der Waals surface area contributed by atoms with E-state index in [0.717, 1.165) is 0 Å². The molecule has 2 aromatic rings. The van der Waals surface area contributed by atoms with Crippen LogP contribution in [0.2, 0.25) is 5.28 Å². The maximum absolute atomic E-state index is 9.10. The van der Waals surface area contributed by atoms with Crippen LogP contribution in [0.1, 0.15) is 5.56 Å².